The Morgan fingerprint density at radius 1 is 0.576 bits per heavy atom. The molecule has 0 radical (unpaired) electrons. The van der Waals surface area contributed by atoms with Gasteiger partial charge in [-0.3, -0.25) is 0 Å². The number of fused-ring (bicyclic) bond motifs is 5. The summed E-state index contributed by atoms with van der Waals surface area (Å²) in [5.74, 6) is 1.07. The quantitative estimate of drug-likeness (QED) is 0.161. The minimum Gasteiger partial charge on any atom is -0.456 e. The molecule has 0 spiro atoms. The van der Waals surface area contributed by atoms with Crippen LogP contribution < -0.4 is 9.80 Å². The predicted molar refractivity (Wildman–Crippen MR) is 252 cm³/mol. The fourth-order valence-electron chi connectivity index (χ4n) is 9.31. The molecule has 9 rings (SSSR count). The Balaban J connectivity index is 1.09. The van der Waals surface area contributed by atoms with Crippen LogP contribution in [0.15, 0.2) is 168 Å². The number of hydrogen-bond donors (Lipinski definition) is 0. The third-order valence-electron chi connectivity index (χ3n) is 12.7. The van der Waals surface area contributed by atoms with Gasteiger partial charge in [-0.1, -0.05) is 133 Å². The van der Waals surface area contributed by atoms with Crippen LogP contribution in [0.4, 0.5) is 28.4 Å². The maximum Gasteiger partial charge on any atom is 0.137 e. The molecule has 296 valence electrons. The van der Waals surface area contributed by atoms with E-state index in [4.69, 9.17) is 4.42 Å². The molecular formula is C56H56N2O. The number of aryl methyl sites for hydroxylation is 1. The zero-order chi connectivity index (χ0) is 41.1. The first-order chi connectivity index (χ1) is 28.3. The molecule has 2 aliphatic rings. The summed E-state index contributed by atoms with van der Waals surface area (Å²) in [6, 6.07) is 48.7. The van der Waals surface area contributed by atoms with Gasteiger partial charge in [-0.25, -0.2) is 0 Å². The van der Waals surface area contributed by atoms with Crippen LogP contribution in [0.3, 0.4) is 0 Å². The summed E-state index contributed by atoms with van der Waals surface area (Å²) < 4.78 is 6.73. The monoisotopic (exact) mass is 772 g/mol. The van der Waals surface area contributed by atoms with Crippen molar-refractivity contribution in [2.75, 3.05) is 9.80 Å². The highest BCUT2D eigenvalue weighted by Crippen LogP contribution is 2.47. The van der Waals surface area contributed by atoms with E-state index >= 15 is 0 Å². The predicted octanol–water partition coefficient (Wildman–Crippen LogP) is 16.1. The van der Waals surface area contributed by atoms with Gasteiger partial charge in [0.25, 0.3) is 0 Å². The molecule has 0 saturated heterocycles. The van der Waals surface area contributed by atoms with Crippen molar-refractivity contribution < 1.29 is 4.42 Å². The summed E-state index contributed by atoms with van der Waals surface area (Å²) in [5.41, 5.74) is 15.6. The van der Waals surface area contributed by atoms with Crippen LogP contribution in [-0.4, -0.2) is 0 Å². The SMILES string of the molecule is Cc1cc(N(C2=CCC(C(C)(C)C)C=C2)c2ccccc2)ccc1C1c2ccc3oc4cc(N(c5ccccc5)c5ccc(C(C)(C)C)cc5)ccc4c3c2C=CC1C. The van der Waals surface area contributed by atoms with Crippen molar-refractivity contribution in [3.8, 4) is 0 Å². The van der Waals surface area contributed by atoms with Crippen molar-refractivity contribution in [1.82, 2.24) is 0 Å². The van der Waals surface area contributed by atoms with Gasteiger partial charge >= 0.3 is 0 Å². The molecule has 0 amide bonds. The first kappa shape index (κ1) is 38.5. The maximum absolute atomic E-state index is 6.73. The fraction of sp³-hybridized carbons (Fsp3) is 0.250. The summed E-state index contributed by atoms with van der Waals surface area (Å²) in [5, 5.41) is 2.33. The Morgan fingerprint density at radius 2 is 1.19 bits per heavy atom. The van der Waals surface area contributed by atoms with Gasteiger partial charge in [0.05, 0.1) is 0 Å². The van der Waals surface area contributed by atoms with Gasteiger partial charge < -0.3 is 14.2 Å². The van der Waals surface area contributed by atoms with E-state index in [1.807, 2.05) is 0 Å². The molecule has 1 aromatic heterocycles. The Bertz CT molecular complexity index is 2740. The molecule has 3 atom stereocenters. The molecule has 0 fully saturated rings. The highest BCUT2D eigenvalue weighted by atomic mass is 16.3. The average molecular weight is 773 g/mol. The molecule has 3 nitrogen and oxygen atoms in total. The first-order valence-electron chi connectivity index (χ1n) is 21.3. The standard InChI is InChI=1S/C56H56N2O/c1-37-19-30-49-48(53(37)47-31-28-45(35-38(47)2)57(41-15-11-9-12-16-41)43-24-20-39(21-25-43)55(3,4)5)33-34-51-54(49)50-32-29-46(36-52(50)59-51)58(42-17-13-10-14-18-42)44-26-22-40(23-27-44)56(6,7)8/h9-20,22-37,39,53H,21H2,1-8H3. The van der Waals surface area contributed by atoms with Gasteiger partial charge in [0.2, 0.25) is 0 Å². The van der Waals surface area contributed by atoms with Crippen LogP contribution >= 0.6 is 0 Å². The van der Waals surface area contributed by atoms with Crippen LogP contribution in [-0.2, 0) is 5.41 Å². The zero-order valence-electron chi connectivity index (χ0n) is 35.8. The van der Waals surface area contributed by atoms with Crippen LogP contribution in [0.1, 0.15) is 88.6 Å². The highest BCUT2D eigenvalue weighted by Gasteiger charge is 2.30. The lowest BCUT2D eigenvalue weighted by Gasteiger charge is -2.34. The summed E-state index contributed by atoms with van der Waals surface area (Å²) in [6.07, 6.45) is 12.9. The second-order valence-corrected chi connectivity index (χ2v) is 18.8. The van der Waals surface area contributed by atoms with Crippen molar-refractivity contribution >= 4 is 56.5 Å². The van der Waals surface area contributed by atoms with E-state index in [-0.39, 0.29) is 16.7 Å². The summed E-state index contributed by atoms with van der Waals surface area (Å²) in [4.78, 5) is 4.74. The molecular weight excluding hydrogens is 717 g/mol. The van der Waals surface area contributed by atoms with Gasteiger partial charge in [-0.05, 0) is 137 Å². The fourth-order valence-corrected chi connectivity index (χ4v) is 9.31. The van der Waals surface area contributed by atoms with Gasteiger partial charge in [0.1, 0.15) is 11.2 Å². The second kappa shape index (κ2) is 15.0. The average Bonchev–Trinajstić information content (AvgIpc) is 3.60. The molecule has 3 heteroatoms. The minimum absolute atomic E-state index is 0.0838. The van der Waals surface area contributed by atoms with E-state index in [0.717, 1.165) is 40.0 Å². The largest absolute Gasteiger partial charge is 0.456 e. The number of furan rings is 1. The van der Waals surface area contributed by atoms with E-state index in [1.165, 1.54) is 50.3 Å². The van der Waals surface area contributed by atoms with Gasteiger partial charge in [0, 0.05) is 56.9 Å². The summed E-state index contributed by atoms with van der Waals surface area (Å²) in [6.45, 7) is 18.4. The molecule has 59 heavy (non-hydrogen) atoms. The minimum atomic E-state index is 0.0838. The lowest BCUT2D eigenvalue weighted by Crippen LogP contribution is -2.23. The van der Waals surface area contributed by atoms with Crippen molar-refractivity contribution in [3.05, 3.63) is 191 Å². The number of nitrogens with zero attached hydrogens (tertiary/aromatic N) is 2. The van der Waals surface area contributed by atoms with Crippen LogP contribution in [0, 0.1) is 24.2 Å². The van der Waals surface area contributed by atoms with Crippen molar-refractivity contribution in [2.45, 2.75) is 73.1 Å². The Labute approximate surface area is 351 Å². The third-order valence-corrected chi connectivity index (χ3v) is 12.7. The smallest absolute Gasteiger partial charge is 0.137 e. The first-order valence-corrected chi connectivity index (χ1v) is 21.3. The Morgan fingerprint density at radius 3 is 1.81 bits per heavy atom. The second-order valence-electron chi connectivity index (χ2n) is 18.8. The molecule has 0 saturated carbocycles. The Hall–Kier alpha value is -6.06. The number of allylic oxidation sites excluding steroid dienone is 4. The maximum atomic E-state index is 6.73. The van der Waals surface area contributed by atoms with E-state index in [2.05, 4.69) is 229 Å². The number of benzene rings is 6. The van der Waals surface area contributed by atoms with Gasteiger partial charge in [-0.2, -0.15) is 0 Å². The van der Waals surface area contributed by atoms with Crippen LogP contribution in [0.25, 0.3) is 28.0 Å². The topological polar surface area (TPSA) is 19.6 Å². The van der Waals surface area contributed by atoms with Crippen molar-refractivity contribution in [2.24, 2.45) is 17.3 Å². The molecule has 2 aliphatic carbocycles. The van der Waals surface area contributed by atoms with Gasteiger partial charge in [-0.15, -0.1) is 0 Å². The van der Waals surface area contributed by atoms with E-state index in [9.17, 15) is 0 Å². The third kappa shape index (κ3) is 7.22. The number of rotatable bonds is 7. The Kier molecular flexibility index (Phi) is 9.75. The lowest BCUT2D eigenvalue weighted by molar-refractivity contribution is 0.293. The lowest BCUT2D eigenvalue weighted by atomic mass is 9.74. The number of anilines is 5. The zero-order valence-corrected chi connectivity index (χ0v) is 35.8. The molecule has 6 aromatic carbocycles. The highest BCUT2D eigenvalue weighted by molar-refractivity contribution is 6.11. The molecule has 0 bridgehead atoms. The van der Waals surface area contributed by atoms with Crippen LogP contribution in [0.5, 0.6) is 0 Å². The number of hydrogen-bond acceptors (Lipinski definition) is 3. The normalized spacial score (nSPS) is 17.9. The summed E-state index contributed by atoms with van der Waals surface area (Å²) >= 11 is 0. The molecule has 1 heterocycles. The molecule has 3 unspecified atom stereocenters. The number of para-hydroxylation sites is 2. The van der Waals surface area contributed by atoms with E-state index in [0.29, 0.717) is 11.8 Å². The van der Waals surface area contributed by atoms with E-state index in [1.54, 1.807) is 0 Å². The molecule has 0 aliphatic heterocycles. The van der Waals surface area contributed by atoms with Crippen molar-refractivity contribution in [1.29, 1.82) is 0 Å². The van der Waals surface area contributed by atoms with E-state index < -0.39 is 0 Å². The molecule has 0 N–H and O–H groups in total. The van der Waals surface area contributed by atoms with Crippen molar-refractivity contribution in [3.63, 3.8) is 0 Å². The van der Waals surface area contributed by atoms with Gasteiger partial charge in [0.15, 0.2) is 0 Å². The van der Waals surface area contributed by atoms with Crippen LogP contribution in [0.2, 0.25) is 0 Å². The summed E-state index contributed by atoms with van der Waals surface area (Å²) in [7, 11) is 0. The molecule has 7 aromatic rings.